The number of hydrogen-bond donors (Lipinski definition) is 3. The molecule has 0 radical (unpaired) electrons. The van der Waals surface area contributed by atoms with E-state index in [2.05, 4.69) is 38.8 Å². The maximum Gasteiger partial charge on any atom is 0.257 e. The molecule has 0 aromatic heterocycles. The van der Waals surface area contributed by atoms with Crippen LogP contribution in [0.25, 0.3) is 0 Å². The van der Waals surface area contributed by atoms with Crippen LogP contribution in [0.15, 0.2) is 18.2 Å². The molecule has 0 unspecified atom stereocenters. The van der Waals surface area contributed by atoms with E-state index in [1.165, 1.54) is 6.42 Å². The van der Waals surface area contributed by atoms with Gasteiger partial charge in [-0.05, 0) is 72.3 Å². The van der Waals surface area contributed by atoms with Crippen molar-refractivity contribution in [3.8, 4) is 0 Å². The molecule has 3 N–H and O–H groups in total. The molecule has 2 amide bonds. The first-order valence-electron chi connectivity index (χ1n) is 7.64. The lowest BCUT2D eigenvalue weighted by molar-refractivity contribution is -0.126. The fraction of sp³-hybridized carbons (Fsp3) is 0.438. The molecule has 1 fully saturated rings. The highest BCUT2D eigenvalue weighted by atomic mass is 127. The molecular formula is C16H20IN3O2S. The van der Waals surface area contributed by atoms with Crippen molar-refractivity contribution in [2.24, 2.45) is 5.92 Å². The number of hydrogen-bond acceptors (Lipinski definition) is 3. The highest BCUT2D eigenvalue weighted by molar-refractivity contribution is 14.1. The number of amides is 2. The van der Waals surface area contributed by atoms with Crippen molar-refractivity contribution < 1.29 is 9.59 Å². The minimum absolute atomic E-state index is 0.0356. The molecule has 2 rings (SSSR count). The summed E-state index contributed by atoms with van der Waals surface area (Å²) >= 11 is 7.23. The largest absolute Gasteiger partial charge is 0.298 e. The van der Waals surface area contributed by atoms with E-state index in [4.69, 9.17) is 12.2 Å². The molecule has 0 aliphatic heterocycles. The maximum absolute atomic E-state index is 12.1. The number of carbonyl (C=O) groups excluding carboxylic acids is 2. The summed E-state index contributed by atoms with van der Waals surface area (Å²) in [4.78, 5) is 24.1. The number of hydrazine groups is 1. The molecule has 0 atom stereocenters. The number of nitrogens with one attached hydrogen (secondary N) is 3. The number of rotatable bonds is 2. The smallest absolute Gasteiger partial charge is 0.257 e. The standard InChI is InChI=1S/C16H20IN3O2S/c1-10-7-8-12(9-13(10)17)14(21)18-16(23)20-19-15(22)11-5-3-2-4-6-11/h7-9,11H,2-6H2,1H3,(H,19,22)(H2,18,20,21,23). The molecule has 0 spiro atoms. The van der Waals surface area contributed by atoms with Gasteiger partial charge in [-0.2, -0.15) is 0 Å². The first kappa shape index (κ1) is 18.1. The Bertz CT molecular complexity index is 615. The Morgan fingerprint density at radius 1 is 1.17 bits per heavy atom. The van der Waals surface area contributed by atoms with Crippen LogP contribution in [0.5, 0.6) is 0 Å². The van der Waals surface area contributed by atoms with Crippen LogP contribution < -0.4 is 16.2 Å². The van der Waals surface area contributed by atoms with Gasteiger partial charge in [0.2, 0.25) is 5.91 Å². The molecular weight excluding hydrogens is 425 g/mol. The van der Waals surface area contributed by atoms with Crippen LogP contribution >= 0.6 is 34.8 Å². The normalized spacial score (nSPS) is 14.9. The van der Waals surface area contributed by atoms with Crippen molar-refractivity contribution in [2.45, 2.75) is 39.0 Å². The van der Waals surface area contributed by atoms with E-state index >= 15 is 0 Å². The minimum atomic E-state index is -0.299. The third-order valence-electron chi connectivity index (χ3n) is 3.94. The Kier molecular flexibility index (Phi) is 6.76. The van der Waals surface area contributed by atoms with Gasteiger partial charge in [0.1, 0.15) is 0 Å². The summed E-state index contributed by atoms with van der Waals surface area (Å²) in [6, 6.07) is 5.43. The molecule has 23 heavy (non-hydrogen) atoms. The number of aryl methyl sites for hydroxylation is 1. The van der Waals surface area contributed by atoms with Gasteiger partial charge in [0.25, 0.3) is 5.91 Å². The van der Waals surface area contributed by atoms with Gasteiger partial charge < -0.3 is 0 Å². The Hall–Kier alpha value is -1.22. The molecule has 1 aromatic rings. The van der Waals surface area contributed by atoms with Gasteiger partial charge in [-0.25, -0.2) is 0 Å². The highest BCUT2D eigenvalue weighted by Gasteiger charge is 2.21. The highest BCUT2D eigenvalue weighted by Crippen LogP contribution is 2.23. The predicted octanol–water partition coefficient (Wildman–Crippen LogP) is 2.82. The Labute approximate surface area is 155 Å². The summed E-state index contributed by atoms with van der Waals surface area (Å²) in [5.74, 6) is -0.327. The Balaban J connectivity index is 1.80. The monoisotopic (exact) mass is 445 g/mol. The van der Waals surface area contributed by atoms with Crippen molar-refractivity contribution in [3.63, 3.8) is 0 Å². The average Bonchev–Trinajstić information content (AvgIpc) is 2.55. The SMILES string of the molecule is Cc1ccc(C(=O)NC(=S)NNC(=O)C2CCCCC2)cc1I. The van der Waals surface area contributed by atoms with Crippen LogP contribution in [0.3, 0.4) is 0 Å². The minimum Gasteiger partial charge on any atom is -0.298 e. The number of carbonyl (C=O) groups is 2. The fourth-order valence-corrected chi connectivity index (χ4v) is 3.18. The van der Waals surface area contributed by atoms with Crippen LogP contribution in [0, 0.1) is 16.4 Å². The van der Waals surface area contributed by atoms with E-state index in [1.54, 1.807) is 12.1 Å². The van der Waals surface area contributed by atoms with Crippen LogP contribution in [0.4, 0.5) is 0 Å². The lowest BCUT2D eigenvalue weighted by Crippen LogP contribution is -2.50. The van der Waals surface area contributed by atoms with Gasteiger partial charge in [-0.3, -0.25) is 25.8 Å². The van der Waals surface area contributed by atoms with Crippen LogP contribution in [0.1, 0.15) is 48.0 Å². The van der Waals surface area contributed by atoms with E-state index < -0.39 is 0 Å². The third-order valence-corrected chi connectivity index (χ3v) is 5.30. The average molecular weight is 445 g/mol. The van der Waals surface area contributed by atoms with Crippen molar-refractivity contribution in [2.75, 3.05) is 0 Å². The second-order valence-corrected chi connectivity index (χ2v) is 7.27. The van der Waals surface area contributed by atoms with Gasteiger partial charge in [-0.1, -0.05) is 25.3 Å². The molecule has 1 aliphatic carbocycles. The lowest BCUT2D eigenvalue weighted by atomic mass is 9.89. The van der Waals surface area contributed by atoms with Crippen molar-refractivity contribution in [3.05, 3.63) is 32.9 Å². The lowest BCUT2D eigenvalue weighted by Gasteiger charge is -2.21. The second kappa shape index (κ2) is 8.58. The first-order valence-corrected chi connectivity index (χ1v) is 9.13. The fourth-order valence-electron chi connectivity index (χ4n) is 2.53. The van der Waals surface area contributed by atoms with Crippen molar-refractivity contribution >= 4 is 51.7 Å². The summed E-state index contributed by atoms with van der Waals surface area (Å²) in [5.41, 5.74) is 6.83. The van der Waals surface area contributed by atoms with Crippen LogP contribution in [-0.4, -0.2) is 16.9 Å². The zero-order chi connectivity index (χ0) is 16.8. The summed E-state index contributed by atoms with van der Waals surface area (Å²) in [7, 11) is 0. The first-order chi connectivity index (χ1) is 11.0. The van der Waals surface area contributed by atoms with E-state index in [1.807, 2.05) is 13.0 Å². The van der Waals surface area contributed by atoms with Gasteiger partial charge in [0, 0.05) is 15.1 Å². The van der Waals surface area contributed by atoms with Crippen LogP contribution in [-0.2, 0) is 4.79 Å². The second-order valence-electron chi connectivity index (χ2n) is 5.70. The molecule has 1 saturated carbocycles. The Morgan fingerprint density at radius 3 is 2.52 bits per heavy atom. The summed E-state index contributed by atoms with van der Waals surface area (Å²) in [5, 5.41) is 2.66. The zero-order valence-electron chi connectivity index (χ0n) is 12.9. The molecule has 1 aromatic carbocycles. The summed E-state index contributed by atoms with van der Waals surface area (Å²) in [6.45, 7) is 1.98. The molecule has 0 bridgehead atoms. The van der Waals surface area contributed by atoms with E-state index in [9.17, 15) is 9.59 Å². The van der Waals surface area contributed by atoms with Gasteiger partial charge in [0.05, 0.1) is 0 Å². The quantitative estimate of drug-likeness (QED) is 0.372. The van der Waals surface area contributed by atoms with Crippen molar-refractivity contribution in [1.82, 2.24) is 16.2 Å². The van der Waals surface area contributed by atoms with Gasteiger partial charge in [0.15, 0.2) is 5.11 Å². The van der Waals surface area contributed by atoms with Gasteiger partial charge in [-0.15, -0.1) is 0 Å². The number of benzene rings is 1. The van der Waals surface area contributed by atoms with E-state index in [-0.39, 0.29) is 22.8 Å². The molecule has 0 saturated heterocycles. The Morgan fingerprint density at radius 2 is 1.87 bits per heavy atom. The number of halogens is 1. The molecule has 1 aliphatic rings. The topological polar surface area (TPSA) is 70.2 Å². The van der Waals surface area contributed by atoms with Crippen LogP contribution in [0.2, 0.25) is 0 Å². The third kappa shape index (κ3) is 5.42. The van der Waals surface area contributed by atoms with E-state index in [0.29, 0.717) is 5.56 Å². The maximum atomic E-state index is 12.1. The van der Waals surface area contributed by atoms with Crippen molar-refractivity contribution in [1.29, 1.82) is 0 Å². The molecule has 0 heterocycles. The molecule has 5 nitrogen and oxygen atoms in total. The van der Waals surface area contributed by atoms with Gasteiger partial charge >= 0.3 is 0 Å². The predicted molar refractivity (Wildman–Crippen MR) is 102 cm³/mol. The molecule has 124 valence electrons. The molecule has 7 heteroatoms. The van der Waals surface area contributed by atoms with E-state index in [0.717, 1.165) is 34.8 Å². The summed E-state index contributed by atoms with van der Waals surface area (Å²) < 4.78 is 1.01. The zero-order valence-corrected chi connectivity index (χ0v) is 15.9. The number of thiocarbonyl (C=S) groups is 1. The summed E-state index contributed by atoms with van der Waals surface area (Å²) in [6.07, 6.45) is 5.19.